The number of amides is 2. The fraction of sp³-hybridized carbons (Fsp3) is 0.314. The third kappa shape index (κ3) is 7.49. The number of carbonyl (C=O) groups is 2. The molecule has 0 unspecified atom stereocenters. The Morgan fingerprint density at radius 3 is 2.22 bits per heavy atom. The van der Waals surface area contributed by atoms with Crippen LogP contribution in [0.3, 0.4) is 0 Å². The molecule has 1 aliphatic rings. The SMILES string of the molecule is O=C(NC1CCCCC1)[C@H](Cc1ccccc1)N(Cc1c(Cl)cccc1Cl)C(=O)CCc1cccc2ccccc12. The highest BCUT2D eigenvalue weighted by atomic mass is 35.5. The van der Waals surface area contributed by atoms with Crippen molar-refractivity contribution < 1.29 is 9.59 Å². The Morgan fingerprint density at radius 1 is 0.805 bits per heavy atom. The van der Waals surface area contributed by atoms with E-state index in [0.717, 1.165) is 47.6 Å². The number of hydrogen-bond donors (Lipinski definition) is 1. The third-order valence-electron chi connectivity index (χ3n) is 8.10. The van der Waals surface area contributed by atoms with Crippen LogP contribution < -0.4 is 5.32 Å². The molecule has 1 atom stereocenters. The Kier molecular flexibility index (Phi) is 9.97. The molecule has 0 spiro atoms. The van der Waals surface area contributed by atoms with Gasteiger partial charge in [-0.25, -0.2) is 0 Å². The molecule has 1 aliphatic carbocycles. The summed E-state index contributed by atoms with van der Waals surface area (Å²) in [6.07, 6.45) is 6.58. The van der Waals surface area contributed by atoms with E-state index in [9.17, 15) is 9.59 Å². The lowest BCUT2D eigenvalue weighted by atomic mass is 9.94. The van der Waals surface area contributed by atoms with E-state index in [0.29, 0.717) is 28.5 Å². The molecule has 2 amide bonds. The van der Waals surface area contributed by atoms with Gasteiger partial charge in [0, 0.05) is 41.0 Å². The van der Waals surface area contributed by atoms with Crippen LogP contribution in [0.15, 0.2) is 91.0 Å². The first-order valence-electron chi connectivity index (χ1n) is 14.5. The lowest BCUT2D eigenvalue weighted by molar-refractivity contribution is -0.141. The van der Waals surface area contributed by atoms with Crippen LogP contribution in [0.2, 0.25) is 10.0 Å². The van der Waals surface area contributed by atoms with Crippen LogP contribution in [0.25, 0.3) is 10.8 Å². The Morgan fingerprint density at radius 2 is 1.46 bits per heavy atom. The minimum atomic E-state index is -0.702. The first kappa shape index (κ1) is 29.2. The van der Waals surface area contributed by atoms with Crippen molar-refractivity contribution in [1.82, 2.24) is 10.2 Å². The van der Waals surface area contributed by atoms with Gasteiger partial charge in [-0.2, -0.15) is 0 Å². The molecule has 1 fully saturated rings. The fourth-order valence-corrected chi connectivity index (χ4v) is 6.36. The molecular weight excluding hydrogens is 551 g/mol. The van der Waals surface area contributed by atoms with Gasteiger partial charge >= 0.3 is 0 Å². The highest BCUT2D eigenvalue weighted by Crippen LogP contribution is 2.28. The summed E-state index contributed by atoms with van der Waals surface area (Å²) in [5, 5.41) is 6.54. The van der Waals surface area contributed by atoms with Gasteiger partial charge in [-0.3, -0.25) is 9.59 Å². The van der Waals surface area contributed by atoms with Gasteiger partial charge in [0.25, 0.3) is 0 Å². The minimum Gasteiger partial charge on any atom is -0.352 e. The molecule has 41 heavy (non-hydrogen) atoms. The largest absolute Gasteiger partial charge is 0.352 e. The Bertz CT molecular complexity index is 1460. The first-order valence-corrected chi connectivity index (χ1v) is 15.3. The number of aryl methyl sites for hydroxylation is 1. The van der Waals surface area contributed by atoms with E-state index in [-0.39, 0.29) is 30.8 Å². The van der Waals surface area contributed by atoms with Crippen LogP contribution in [0.4, 0.5) is 0 Å². The second-order valence-corrected chi connectivity index (χ2v) is 11.7. The van der Waals surface area contributed by atoms with E-state index in [1.807, 2.05) is 48.5 Å². The summed E-state index contributed by atoms with van der Waals surface area (Å²) in [5.41, 5.74) is 2.75. The van der Waals surface area contributed by atoms with Gasteiger partial charge < -0.3 is 10.2 Å². The average Bonchev–Trinajstić information content (AvgIpc) is 3.00. The number of benzene rings is 4. The van der Waals surface area contributed by atoms with Gasteiger partial charge in [0.2, 0.25) is 11.8 Å². The predicted molar refractivity (Wildman–Crippen MR) is 168 cm³/mol. The van der Waals surface area contributed by atoms with Crippen molar-refractivity contribution in [3.63, 3.8) is 0 Å². The monoisotopic (exact) mass is 586 g/mol. The molecular formula is C35H36Cl2N2O2. The normalized spacial score (nSPS) is 14.5. The van der Waals surface area contributed by atoms with Crippen molar-refractivity contribution in [3.05, 3.63) is 118 Å². The van der Waals surface area contributed by atoms with Crippen molar-refractivity contribution in [2.45, 2.75) is 70.0 Å². The van der Waals surface area contributed by atoms with Gasteiger partial charge in [0.15, 0.2) is 0 Å². The van der Waals surface area contributed by atoms with Crippen LogP contribution in [-0.2, 0) is 29.0 Å². The van der Waals surface area contributed by atoms with Crippen LogP contribution in [0.1, 0.15) is 55.2 Å². The number of hydrogen-bond acceptors (Lipinski definition) is 2. The average molecular weight is 588 g/mol. The van der Waals surface area contributed by atoms with E-state index < -0.39 is 6.04 Å². The zero-order valence-corrected chi connectivity index (χ0v) is 24.7. The molecule has 0 aromatic heterocycles. The topological polar surface area (TPSA) is 49.4 Å². The molecule has 4 aromatic carbocycles. The van der Waals surface area contributed by atoms with Crippen LogP contribution >= 0.6 is 23.2 Å². The molecule has 0 saturated heterocycles. The maximum Gasteiger partial charge on any atom is 0.243 e. The second-order valence-electron chi connectivity index (χ2n) is 10.9. The zero-order valence-electron chi connectivity index (χ0n) is 23.2. The molecule has 1 N–H and O–H groups in total. The Balaban J connectivity index is 1.47. The molecule has 0 bridgehead atoms. The quantitative estimate of drug-likeness (QED) is 0.204. The van der Waals surface area contributed by atoms with Crippen molar-refractivity contribution in [3.8, 4) is 0 Å². The van der Waals surface area contributed by atoms with Crippen molar-refractivity contribution in [2.75, 3.05) is 0 Å². The summed E-state index contributed by atoms with van der Waals surface area (Å²) >= 11 is 13.2. The molecule has 5 rings (SSSR count). The number of carbonyl (C=O) groups excluding carboxylic acids is 2. The predicted octanol–water partition coefficient (Wildman–Crippen LogP) is 8.17. The van der Waals surface area contributed by atoms with E-state index in [4.69, 9.17) is 23.2 Å². The van der Waals surface area contributed by atoms with Gasteiger partial charge in [-0.15, -0.1) is 0 Å². The van der Waals surface area contributed by atoms with Crippen molar-refractivity contribution >= 4 is 45.8 Å². The molecule has 1 saturated carbocycles. The number of fused-ring (bicyclic) bond motifs is 1. The summed E-state index contributed by atoms with van der Waals surface area (Å²) in [6, 6.07) is 29.0. The summed E-state index contributed by atoms with van der Waals surface area (Å²) in [4.78, 5) is 29.9. The molecule has 4 aromatic rings. The lowest BCUT2D eigenvalue weighted by Crippen LogP contribution is -2.53. The van der Waals surface area contributed by atoms with Gasteiger partial charge in [-0.05, 0) is 53.3 Å². The molecule has 0 aliphatic heterocycles. The Labute approximate surface area is 252 Å². The number of rotatable bonds is 10. The molecule has 0 radical (unpaired) electrons. The summed E-state index contributed by atoms with van der Waals surface area (Å²) in [5.74, 6) is -0.226. The number of halogens is 2. The standard InChI is InChI=1S/C35H36Cl2N2O2/c36-31-19-10-20-32(37)30(31)24-39(34(40)22-21-27-15-9-14-26-13-7-8-18-29(26)27)33(23-25-11-3-1-4-12-25)35(41)38-28-16-5-2-6-17-28/h1,3-4,7-15,18-20,28,33H,2,5-6,16-17,21-24H2,(H,38,41)/t33-/m0/s1. The highest BCUT2D eigenvalue weighted by Gasteiger charge is 2.32. The van der Waals surface area contributed by atoms with Crippen LogP contribution in [0, 0.1) is 0 Å². The van der Waals surface area contributed by atoms with Gasteiger partial charge in [0.05, 0.1) is 0 Å². The van der Waals surface area contributed by atoms with Crippen LogP contribution in [0.5, 0.6) is 0 Å². The maximum absolute atomic E-state index is 14.2. The summed E-state index contributed by atoms with van der Waals surface area (Å²) < 4.78 is 0. The molecule has 4 nitrogen and oxygen atoms in total. The third-order valence-corrected chi connectivity index (χ3v) is 8.81. The van der Waals surface area contributed by atoms with Crippen LogP contribution in [-0.4, -0.2) is 28.8 Å². The zero-order chi connectivity index (χ0) is 28.6. The second kappa shape index (κ2) is 14.0. The number of nitrogens with zero attached hydrogens (tertiary/aromatic N) is 1. The molecule has 6 heteroatoms. The van der Waals surface area contributed by atoms with E-state index >= 15 is 0 Å². The van der Waals surface area contributed by atoms with Crippen molar-refractivity contribution in [2.24, 2.45) is 0 Å². The Hall–Kier alpha value is -3.34. The van der Waals surface area contributed by atoms with Gasteiger partial charge in [0.1, 0.15) is 6.04 Å². The van der Waals surface area contributed by atoms with Gasteiger partial charge in [-0.1, -0.05) is 121 Å². The molecule has 0 heterocycles. The van der Waals surface area contributed by atoms with E-state index in [1.54, 1.807) is 23.1 Å². The highest BCUT2D eigenvalue weighted by molar-refractivity contribution is 6.36. The molecule has 212 valence electrons. The smallest absolute Gasteiger partial charge is 0.243 e. The summed E-state index contributed by atoms with van der Waals surface area (Å²) in [6.45, 7) is 0.155. The number of nitrogens with one attached hydrogen (secondary N) is 1. The first-order chi connectivity index (χ1) is 20.0. The minimum absolute atomic E-state index is 0.103. The fourth-order valence-electron chi connectivity index (χ4n) is 5.85. The van der Waals surface area contributed by atoms with E-state index in [2.05, 4.69) is 29.6 Å². The summed E-state index contributed by atoms with van der Waals surface area (Å²) in [7, 11) is 0. The maximum atomic E-state index is 14.2. The van der Waals surface area contributed by atoms with Crippen molar-refractivity contribution in [1.29, 1.82) is 0 Å². The van der Waals surface area contributed by atoms with E-state index in [1.165, 1.54) is 6.42 Å². The lowest BCUT2D eigenvalue weighted by Gasteiger charge is -2.34.